The molecule has 2 amide bonds. The van der Waals surface area contributed by atoms with Crippen molar-refractivity contribution < 1.29 is 19.2 Å². The summed E-state index contributed by atoms with van der Waals surface area (Å²) in [7, 11) is 0. The molecule has 0 unspecified atom stereocenters. The summed E-state index contributed by atoms with van der Waals surface area (Å²) in [5, 5.41) is 10.9. The largest absolute Gasteiger partial charge is 0.482 e. The number of nitro groups is 1. The monoisotopic (exact) mass is 327 g/mol. The van der Waals surface area contributed by atoms with Crippen LogP contribution in [0.3, 0.4) is 0 Å². The number of carbonyl (C=O) groups is 2. The predicted octanol–water partition coefficient (Wildman–Crippen LogP) is 1.62. The van der Waals surface area contributed by atoms with Crippen LogP contribution in [0.2, 0.25) is 0 Å². The summed E-state index contributed by atoms with van der Waals surface area (Å²) in [5.74, 6) is -0.499. The SMILES string of the molecule is NC(=O)c1ccc2c(c1)OCC(=O)N2Cc1cccc([N+](=O)[O-])c1. The van der Waals surface area contributed by atoms with E-state index < -0.39 is 10.8 Å². The Bertz CT molecular complexity index is 849. The Morgan fingerprint density at radius 1 is 1.29 bits per heavy atom. The van der Waals surface area contributed by atoms with Crippen LogP contribution in [0.1, 0.15) is 15.9 Å². The molecule has 1 aliphatic heterocycles. The first-order valence-corrected chi connectivity index (χ1v) is 7.06. The quantitative estimate of drug-likeness (QED) is 0.676. The van der Waals surface area contributed by atoms with Crippen LogP contribution < -0.4 is 15.4 Å². The number of hydrogen-bond acceptors (Lipinski definition) is 5. The lowest BCUT2D eigenvalue weighted by Gasteiger charge is -2.29. The molecule has 0 atom stereocenters. The Morgan fingerprint density at radius 2 is 2.08 bits per heavy atom. The van der Waals surface area contributed by atoms with Gasteiger partial charge in [-0.05, 0) is 23.8 Å². The lowest BCUT2D eigenvalue weighted by molar-refractivity contribution is -0.384. The maximum atomic E-state index is 12.2. The molecule has 3 rings (SSSR count). The molecule has 0 radical (unpaired) electrons. The molecule has 2 aromatic rings. The molecule has 2 N–H and O–H groups in total. The lowest BCUT2D eigenvalue weighted by Crippen LogP contribution is -2.38. The highest BCUT2D eigenvalue weighted by Gasteiger charge is 2.26. The van der Waals surface area contributed by atoms with Gasteiger partial charge in [0.1, 0.15) is 5.75 Å². The number of non-ortho nitro benzene ring substituents is 1. The number of amides is 2. The summed E-state index contributed by atoms with van der Waals surface area (Å²) in [4.78, 5) is 35.3. The van der Waals surface area contributed by atoms with Gasteiger partial charge in [-0.1, -0.05) is 12.1 Å². The van der Waals surface area contributed by atoms with Crippen molar-refractivity contribution in [2.45, 2.75) is 6.54 Å². The van der Waals surface area contributed by atoms with Gasteiger partial charge in [0.15, 0.2) is 6.61 Å². The molecule has 0 aliphatic carbocycles. The van der Waals surface area contributed by atoms with Gasteiger partial charge in [0.05, 0.1) is 17.2 Å². The summed E-state index contributed by atoms with van der Waals surface area (Å²) in [6, 6.07) is 10.6. The van der Waals surface area contributed by atoms with Crippen LogP contribution in [0.5, 0.6) is 5.75 Å². The van der Waals surface area contributed by atoms with Gasteiger partial charge in [-0.15, -0.1) is 0 Å². The number of nitrogens with zero attached hydrogens (tertiary/aromatic N) is 2. The van der Waals surface area contributed by atoms with Crippen LogP contribution in [0.4, 0.5) is 11.4 Å². The first-order chi connectivity index (χ1) is 11.5. The second kappa shape index (κ2) is 5.99. The van der Waals surface area contributed by atoms with E-state index in [1.165, 1.54) is 29.2 Å². The smallest absolute Gasteiger partial charge is 0.269 e. The molecule has 2 aromatic carbocycles. The number of nitrogens with two attached hydrogens (primary N) is 1. The van der Waals surface area contributed by atoms with E-state index in [2.05, 4.69) is 0 Å². The number of benzene rings is 2. The Hall–Kier alpha value is -3.42. The molecule has 8 nitrogen and oxygen atoms in total. The van der Waals surface area contributed by atoms with E-state index in [0.717, 1.165) is 0 Å². The number of hydrogen-bond donors (Lipinski definition) is 1. The predicted molar refractivity (Wildman–Crippen MR) is 84.7 cm³/mol. The number of primary amides is 1. The molecule has 0 bridgehead atoms. The third-order valence-electron chi connectivity index (χ3n) is 3.65. The van der Waals surface area contributed by atoms with E-state index in [-0.39, 0.29) is 30.3 Å². The van der Waals surface area contributed by atoms with E-state index in [0.29, 0.717) is 17.0 Å². The molecule has 0 saturated carbocycles. The molecule has 0 aromatic heterocycles. The van der Waals surface area contributed by atoms with Gasteiger partial charge in [0, 0.05) is 17.7 Å². The number of carbonyl (C=O) groups excluding carboxylic acids is 2. The highest BCUT2D eigenvalue weighted by Crippen LogP contribution is 2.34. The zero-order chi connectivity index (χ0) is 17.3. The van der Waals surface area contributed by atoms with Crippen LogP contribution in [-0.2, 0) is 11.3 Å². The number of rotatable bonds is 4. The van der Waals surface area contributed by atoms with Crippen molar-refractivity contribution in [1.29, 1.82) is 0 Å². The molecule has 1 heterocycles. The third-order valence-corrected chi connectivity index (χ3v) is 3.65. The standard InChI is InChI=1S/C16H13N3O5/c17-16(21)11-4-5-13-14(7-11)24-9-15(20)18(13)8-10-2-1-3-12(6-10)19(22)23/h1-7H,8-9H2,(H2,17,21). The fraction of sp³-hybridized carbons (Fsp3) is 0.125. The van der Waals surface area contributed by atoms with Crippen molar-refractivity contribution >= 4 is 23.2 Å². The third kappa shape index (κ3) is 2.89. The zero-order valence-corrected chi connectivity index (χ0v) is 12.5. The summed E-state index contributed by atoms with van der Waals surface area (Å²) >= 11 is 0. The van der Waals surface area contributed by atoms with Crippen LogP contribution in [0.25, 0.3) is 0 Å². The van der Waals surface area contributed by atoms with Gasteiger partial charge in [-0.2, -0.15) is 0 Å². The van der Waals surface area contributed by atoms with Crippen LogP contribution in [0, 0.1) is 10.1 Å². The summed E-state index contributed by atoms with van der Waals surface area (Å²) in [5.41, 5.74) is 6.57. The van der Waals surface area contributed by atoms with Crippen molar-refractivity contribution in [3.05, 3.63) is 63.7 Å². The normalized spacial score (nSPS) is 13.2. The number of fused-ring (bicyclic) bond motifs is 1. The van der Waals surface area contributed by atoms with E-state index in [1.807, 2.05) is 0 Å². The average molecular weight is 327 g/mol. The van der Waals surface area contributed by atoms with Crippen LogP contribution >= 0.6 is 0 Å². The molecular formula is C16H13N3O5. The van der Waals surface area contributed by atoms with E-state index >= 15 is 0 Å². The van der Waals surface area contributed by atoms with Crippen molar-refractivity contribution in [3.63, 3.8) is 0 Å². The number of anilines is 1. The minimum atomic E-state index is -0.594. The van der Waals surface area contributed by atoms with Crippen molar-refractivity contribution in [2.24, 2.45) is 5.73 Å². The highest BCUT2D eigenvalue weighted by atomic mass is 16.6. The van der Waals surface area contributed by atoms with Crippen molar-refractivity contribution in [3.8, 4) is 5.75 Å². The first kappa shape index (κ1) is 15.5. The Labute approximate surface area is 136 Å². The number of ether oxygens (including phenoxy) is 1. The minimum absolute atomic E-state index is 0.0440. The second-order valence-corrected chi connectivity index (χ2v) is 5.24. The molecule has 122 valence electrons. The highest BCUT2D eigenvalue weighted by molar-refractivity contribution is 6.00. The summed E-state index contributed by atoms with van der Waals surface area (Å²) in [6.07, 6.45) is 0. The molecule has 0 saturated heterocycles. The van der Waals surface area contributed by atoms with Crippen molar-refractivity contribution in [1.82, 2.24) is 0 Å². The van der Waals surface area contributed by atoms with Gasteiger partial charge in [-0.25, -0.2) is 0 Å². The van der Waals surface area contributed by atoms with Gasteiger partial charge in [0.25, 0.3) is 11.6 Å². The Balaban J connectivity index is 1.94. The minimum Gasteiger partial charge on any atom is -0.482 e. The van der Waals surface area contributed by atoms with Gasteiger partial charge < -0.3 is 15.4 Å². The van der Waals surface area contributed by atoms with Crippen LogP contribution in [0.15, 0.2) is 42.5 Å². The maximum absolute atomic E-state index is 12.2. The summed E-state index contributed by atoms with van der Waals surface area (Å²) < 4.78 is 5.35. The molecule has 24 heavy (non-hydrogen) atoms. The first-order valence-electron chi connectivity index (χ1n) is 7.06. The van der Waals surface area contributed by atoms with E-state index in [4.69, 9.17) is 10.5 Å². The Morgan fingerprint density at radius 3 is 2.79 bits per heavy atom. The van der Waals surface area contributed by atoms with E-state index in [1.54, 1.807) is 18.2 Å². The van der Waals surface area contributed by atoms with Crippen molar-refractivity contribution in [2.75, 3.05) is 11.5 Å². The second-order valence-electron chi connectivity index (χ2n) is 5.24. The Kier molecular flexibility index (Phi) is 3.87. The van der Waals surface area contributed by atoms with Crippen LogP contribution in [-0.4, -0.2) is 23.3 Å². The molecular weight excluding hydrogens is 314 g/mol. The lowest BCUT2D eigenvalue weighted by atomic mass is 10.1. The van der Waals surface area contributed by atoms with E-state index in [9.17, 15) is 19.7 Å². The number of nitro benzene ring substituents is 1. The van der Waals surface area contributed by atoms with Gasteiger partial charge >= 0.3 is 0 Å². The fourth-order valence-electron chi connectivity index (χ4n) is 2.48. The average Bonchev–Trinajstić information content (AvgIpc) is 2.57. The topological polar surface area (TPSA) is 116 Å². The summed E-state index contributed by atoms with van der Waals surface area (Å²) in [6.45, 7) is -0.0169. The van der Waals surface area contributed by atoms with Gasteiger partial charge in [0.2, 0.25) is 5.91 Å². The molecule has 8 heteroatoms. The fourth-order valence-corrected chi connectivity index (χ4v) is 2.48. The molecule has 1 aliphatic rings. The molecule has 0 spiro atoms. The maximum Gasteiger partial charge on any atom is 0.269 e. The zero-order valence-electron chi connectivity index (χ0n) is 12.5. The van der Waals surface area contributed by atoms with Gasteiger partial charge in [-0.3, -0.25) is 19.7 Å². The molecule has 0 fully saturated rings.